The second-order valence-corrected chi connectivity index (χ2v) is 28.2. The number of rotatable bonds is 22. The Morgan fingerprint density at radius 3 is 1.41 bits per heavy atom. The number of esters is 4. The zero-order valence-electron chi connectivity index (χ0n) is 59.1. The minimum absolute atomic E-state index is 0. The maximum Gasteiger partial charge on any atom is 0.413 e. The van der Waals surface area contributed by atoms with E-state index in [1.807, 2.05) is 119 Å². The molecule has 2 aliphatic rings. The Morgan fingerprint density at radius 1 is 0.490 bits per heavy atom. The molecule has 104 heavy (non-hydrogen) atoms. The molecule has 24 nitrogen and oxygen atoms in total. The van der Waals surface area contributed by atoms with Crippen LogP contribution in [-0.2, 0) is 73.7 Å². The molecule has 0 unspecified atom stereocenters. The topological polar surface area (TPSA) is 321 Å². The second-order valence-electron chi connectivity index (χ2n) is 28.2. The molecule has 2 fully saturated rings. The van der Waals surface area contributed by atoms with Crippen molar-refractivity contribution < 1.29 is 57.2 Å². The lowest BCUT2D eigenvalue weighted by Gasteiger charge is -2.34. The van der Waals surface area contributed by atoms with Gasteiger partial charge in [0.1, 0.15) is 72.6 Å². The number of ether oxygens (including phenoxy) is 6. The van der Waals surface area contributed by atoms with Crippen molar-refractivity contribution in [1.29, 1.82) is 0 Å². The van der Waals surface area contributed by atoms with E-state index in [1.165, 1.54) is 12.7 Å². The van der Waals surface area contributed by atoms with Crippen LogP contribution in [0.4, 0.5) is 32.9 Å². The summed E-state index contributed by atoms with van der Waals surface area (Å²) in [6, 6.07) is 41.1. The summed E-state index contributed by atoms with van der Waals surface area (Å²) >= 11 is 0. The Balaban J connectivity index is 0.000000255. The van der Waals surface area contributed by atoms with E-state index >= 15 is 0 Å². The van der Waals surface area contributed by atoms with Gasteiger partial charge in [0, 0.05) is 34.0 Å². The Bertz CT molecular complexity index is 4680. The second kappa shape index (κ2) is 33.4. The average molecular weight is 1420 g/mol. The van der Waals surface area contributed by atoms with E-state index in [2.05, 4.69) is 72.6 Å². The molecular formula is C80H96N12O12. The highest BCUT2D eigenvalue weighted by Crippen LogP contribution is 2.53. The normalized spacial score (nSPS) is 19.8. The molecule has 6 heterocycles. The summed E-state index contributed by atoms with van der Waals surface area (Å²) in [7, 11) is 0. The number of carbonyl (C=O) groups is 6. The highest BCUT2D eigenvalue weighted by Gasteiger charge is 2.58. The van der Waals surface area contributed by atoms with Gasteiger partial charge in [0.05, 0.1) is 57.6 Å². The van der Waals surface area contributed by atoms with Gasteiger partial charge in [0.25, 0.3) is 0 Å². The van der Waals surface area contributed by atoms with Gasteiger partial charge < -0.3 is 49.0 Å². The van der Waals surface area contributed by atoms with Crippen LogP contribution in [0.15, 0.2) is 159 Å². The van der Waals surface area contributed by atoms with Crippen molar-refractivity contribution in [3.05, 3.63) is 181 Å². The van der Waals surface area contributed by atoms with Crippen LogP contribution in [-0.4, -0.2) is 99.5 Å². The largest absolute Gasteiger partial charge is 0.458 e. The Kier molecular flexibility index (Phi) is 24.8. The van der Waals surface area contributed by atoms with Crippen molar-refractivity contribution in [2.45, 2.75) is 172 Å². The summed E-state index contributed by atoms with van der Waals surface area (Å²) < 4.78 is 39.7. The predicted octanol–water partition coefficient (Wildman–Crippen LogP) is 15.3. The first-order valence-electron chi connectivity index (χ1n) is 34.5. The first-order valence-corrected chi connectivity index (χ1v) is 34.5. The van der Waals surface area contributed by atoms with Crippen LogP contribution in [0, 0.1) is 34.5 Å². The van der Waals surface area contributed by atoms with Crippen molar-refractivity contribution in [3.63, 3.8) is 0 Å². The summed E-state index contributed by atoms with van der Waals surface area (Å²) in [6.45, 7) is 18.7. The number of fused-ring (bicyclic) bond motifs is 4. The SMILES string of the molecule is C.C.CC(C)C(=O)O[C@H]1[C@H](n2ccc3c(N)ncnc32)C[C@](C)(CCc2ccc3nc(N)ccc3c2)[C@H]1OC(=O)C(C)C.CC(C)C(=O)O[C@H]1[C@H](n2ccc3c(NC(=O)OCc4ccccc4)ncnc32)C[C@](C)(CCc2ccc3nc(NC(=O)OCc4ccccc4)ccc3c2)[C@H]1OC(=O)C(C)C. The Morgan fingerprint density at radius 2 is 0.923 bits per heavy atom. The summed E-state index contributed by atoms with van der Waals surface area (Å²) in [5, 5.41) is 8.62. The molecule has 0 bridgehead atoms. The lowest BCUT2D eigenvalue weighted by molar-refractivity contribution is -0.177. The van der Waals surface area contributed by atoms with E-state index in [9.17, 15) is 28.8 Å². The third-order valence-corrected chi connectivity index (χ3v) is 19.1. The number of hydrogen-bond acceptors (Lipinski definition) is 20. The van der Waals surface area contributed by atoms with Gasteiger partial charge in [-0.15, -0.1) is 0 Å². The first-order chi connectivity index (χ1) is 48.8. The number of amides is 2. The third-order valence-electron chi connectivity index (χ3n) is 19.1. The Labute approximate surface area is 606 Å². The molecule has 12 rings (SSSR count). The molecule has 0 saturated heterocycles. The van der Waals surface area contributed by atoms with E-state index in [-0.39, 0.29) is 63.7 Å². The average Bonchev–Trinajstić information content (AvgIpc) is 1.59. The van der Waals surface area contributed by atoms with Gasteiger partial charge in [-0.3, -0.25) is 29.8 Å². The van der Waals surface area contributed by atoms with Crippen LogP contribution in [0.25, 0.3) is 43.9 Å². The molecule has 10 aromatic rings. The number of benzene rings is 4. The smallest absolute Gasteiger partial charge is 0.413 e. The van der Waals surface area contributed by atoms with Crippen LogP contribution in [0.5, 0.6) is 0 Å². The van der Waals surface area contributed by atoms with Gasteiger partial charge in [-0.05, 0) is 121 Å². The quantitative estimate of drug-likeness (QED) is 0.0362. The molecule has 0 aliphatic heterocycles. The molecule has 0 radical (unpaired) electrons. The molecule has 2 saturated carbocycles. The molecule has 8 atom stereocenters. The minimum atomic E-state index is -0.855. The number of aromatic nitrogens is 8. The summed E-state index contributed by atoms with van der Waals surface area (Å²) in [5.41, 5.74) is 17.4. The number of carbonyl (C=O) groups excluding carboxylic acids is 6. The Hall–Kier alpha value is -11.0. The van der Waals surface area contributed by atoms with E-state index in [0.29, 0.717) is 71.8 Å². The fourth-order valence-corrected chi connectivity index (χ4v) is 13.3. The minimum Gasteiger partial charge on any atom is -0.458 e. The van der Waals surface area contributed by atoms with E-state index < -0.39 is 77.2 Å². The molecule has 2 aliphatic carbocycles. The van der Waals surface area contributed by atoms with Crippen LogP contribution < -0.4 is 22.1 Å². The number of aryl methyl sites for hydroxylation is 2. The maximum absolute atomic E-state index is 13.4. The van der Waals surface area contributed by atoms with E-state index in [0.717, 1.165) is 50.4 Å². The monoisotopic (exact) mass is 1420 g/mol. The molecule has 6 aromatic heterocycles. The standard InChI is InChI=1S/C47H50N6O8.C31H38N6O4.2CH4/c1-29(2)43(54)60-39-37(53-23-21-35-41(48-28-49-42(35)53)52-46(57)59-27-33-14-10-7-11-15-33)25-47(5,40(39)61-44(55)30(3)4)22-20-31-16-18-36-34(24-31)17-19-38(50-36)51-45(56)58-26-32-12-8-6-9-13-32;1-17(2)29(38)40-25-23(37-13-11-21-27(33)34-16-35-28(21)37)15-31(5,26(25)41-30(39)18(3)4)12-10-19-6-8-22-20(14-19)7-9-24(32)36-22;;/h6-19,21,23-24,28-30,37,39-40H,20,22,25-27H2,1-5H3,(H,50,51,56)(H,48,49,52,57);6-9,11,13-14,16-18,23,25-26H,10,12,15H2,1-5H3,(H2,32,36)(H2,33,34,35);2*1H4/t37-,39+,40+,47+;23-,25+,26+,31+;;/m11../s1. The number of hydrogen-bond donors (Lipinski definition) is 4. The molecule has 4 aromatic carbocycles. The van der Waals surface area contributed by atoms with Gasteiger partial charge in [0.15, 0.2) is 12.2 Å². The van der Waals surface area contributed by atoms with Crippen LogP contribution in [0.1, 0.15) is 144 Å². The number of nitrogens with two attached hydrogens (primary N) is 2. The van der Waals surface area contributed by atoms with E-state index in [1.54, 1.807) is 73.6 Å². The van der Waals surface area contributed by atoms with Gasteiger partial charge in [-0.25, -0.2) is 39.5 Å². The molecule has 2 amide bonds. The first kappa shape index (κ1) is 77.1. The number of pyridine rings is 2. The van der Waals surface area contributed by atoms with Crippen molar-refractivity contribution in [1.82, 2.24) is 39.0 Å². The number of nitrogens with one attached hydrogen (secondary N) is 2. The van der Waals surface area contributed by atoms with Crippen LogP contribution in [0.2, 0.25) is 0 Å². The molecule has 6 N–H and O–H groups in total. The highest BCUT2D eigenvalue weighted by molar-refractivity contribution is 5.96. The third kappa shape index (κ3) is 17.9. The van der Waals surface area contributed by atoms with Crippen LogP contribution in [0.3, 0.4) is 0 Å². The molecule has 548 valence electrons. The fraction of sp³-hybridized carbons (Fsp3) is 0.400. The van der Waals surface area contributed by atoms with Crippen molar-refractivity contribution in [3.8, 4) is 0 Å². The number of nitrogen functional groups attached to an aromatic ring is 2. The van der Waals surface area contributed by atoms with Gasteiger partial charge in [0.2, 0.25) is 0 Å². The maximum atomic E-state index is 13.4. The molecule has 24 heteroatoms. The van der Waals surface area contributed by atoms with Crippen molar-refractivity contribution >= 4 is 103 Å². The highest BCUT2D eigenvalue weighted by atomic mass is 16.6. The summed E-state index contributed by atoms with van der Waals surface area (Å²) in [6.07, 6.45) is 5.89. The van der Waals surface area contributed by atoms with Gasteiger partial charge in [-0.2, -0.15) is 0 Å². The summed E-state index contributed by atoms with van der Waals surface area (Å²) in [5.74, 6) is -1.53. The van der Waals surface area contributed by atoms with Gasteiger partial charge >= 0.3 is 36.1 Å². The summed E-state index contributed by atoms with van der Waals surface area (Å²) in [4.78, 5) is 105. The number of anilines is 4. The van der Waals surface area contributed by atoms with Gasteiger partial charge in [-0.1, -0.05) is 157 Å². The molecular weight excluding hydrogens is 1320 g/mol. The lowest BCUT2D eigenvalue weighted by Crippen LogP contribution is -2.43. The fourth-order valence-electron chi connectivity index (χ4n) is 13.3. The zero-order chi connectivity index (χ0) is 72.6. The van der Waals surface area contributed by atoms with Crippen molar-refractivity contribution in [2.24, 2.45) is 34.5 Å². The zero-order valence-corrected chi connectivity index (χ0v) is 59.1. The van der Waals surface area contributed by atoms with Crippen LogP contribution >= 0.6 is 0 Å². The lowest BCUT2D eigenvalue weighted by atomic mass is 9.80. The van der Waals surface area contributed by atoms with E-state index in [4.69, 9.17) is 39.9 Å². The molecule has 0 spiro atoms. The number of nitrogens with zero attached hydrogens (tertiary/aromatic N) is 8. The van der Waals surface area contributed by atoms with Crippen molar-refractivity contribution in [2.75, 3.05) is 22.1 Å². The predicted molar refractivity (Wildman–Crippen MR) is 400 cm³/mol.